The number of aryl methyl sites for hydroxylation is 2. The molecule has 0 saturated heterocycles. The van der Waals surface area contributed by atoms with Gasteiger partial charge in [0.25, 0.3) is 5.91 Å². The third-order valence-corrected chi connectivity index (χ3v) is 4.49. The van der Waals surface area contributed by atoms with Crippen LogP contribution < -0.4 is 10.2 Å². The van der Waals surface area contributed by atoms with Crippen molar-refractivity contribution in [2.24, 2.45) is 0 Å². The molecule has 7 nitrogen and oxygen atoms in total. The van der Waals surface area contributed by atoms with Crippen molar-refractivity contribution >= 4 is 17.7 Å². The third kappa shape index (κ3) is 3.11. The first-order chi connectivity index (χ1) is 11.5. The molecule has 2 aromatic rings. The lowest BCUT2D eigenvalue weighted by molar-refractivity contribution is 0.102. The van der Waals surface area contributed by atoms with Crippen LogP contribution in [0.2, 0.25) is 0 Å². The molecule has 128 valence electrons. The molecule has 0 radical (unpaired) electrons. The summed E-state index contributed by atoms with van der Waals surface area (Å²) in [6.45, 7) is 3.79. The van der Waals surface area contributed by atoms with Crippen LogP contribution >= 0.6 is 0 Å². The van der Waals surface area contributed by atoms with Crippen molar-refractivity contribution < 1.29 is 4.79 Å². The summed E-state index contributed by atoms with van der Waals surface area (Å²) in [5.41, 5.74) is 2.12. The second-order valence-corrected chi connectivity index (χ2v) is 6.58. The summed E-state index contributed by atoms with van der Waals surface area (Å²) < 4.78 is 1.96. The Balaban J connectivity index is 1.84. The Labute approximate surface area is 142 Å². The first kappa shape index (κ1) is 16.4. The SMILES string of the molecule is Cc1cnn(C2CCCC2)c1NC(=O)c1cnc(N(C)C)nc1C. The largest absolute Gasteiger partial charge is 0.347 e. The van der Waals surface area contributed by atoms with Gasteiger partial charge in [-0.25, -0.2) is 14.6 Å². The van der Waals surface area contributed by atoms with Crippen LogP contribution in [0.5, 0.6) is 0 Å². The normalized spacial score (nSPS) is 14.8. The predicted molar refractivity (Wildman–Crippen MR) is 93.5 cm³/mol. The number of rotatable bonds is 4. The number of nitrogens with one attached hydrogen (secondary N) is 1. The monoisotopic (exact) mass is 328 g/mol. The molecule has 2 aromatic heterocycles. The number of amides is 1. The van der Waals surface area contributed by atoms with Crippen molar-refractivity contribution in [3.63, 3.8) is 0 Å². The lowest BCUT2D eigenvalue weighted by atomic mass is 10.2. The zero-order valence-electron chi connectivity index (χ0n) is 14.7. The van der Waals surface area contributed by atoms with Gasteiger partial charge in [-0.05, 0) is 26.7 Å². The number of hydrogen-bond acceptors (Lipinski definition) is 5. The number of hydrogen-bond donors (Lipinski definition) is 1. The van der Waals surface area contributed by atoms with E-state index in [0.29, 0.717) is 23.2 Å². The van der Waals surface area contributed by atoms with E-state index in [1.54, 1.807) is 6.20 Å². The molecule has 24 heavy (non-hydrogen) atoms. The quantitative estimate of drug-likeness (QED) is 0.934. The molecule has 0 bridgehead atoms. The molecular formula is C17H24N6O. The van der Waals surface area contributed by atoms with Crippen LogP contribution in [0.3, 0.4) is 0 Å². The van der Waals surface area contributed by atoms with Gasteiger partial charge in [-0.15, -0.1) is 0 Å². The van der Waals surface area contributed by atoms with Crippen LogP contribution in [0.1, 0.15) is 53.3 Å². The molecule has 2 heterocycles. The summed E-state index contributed by atoms with van der Waals surface area (Å²) in [5.74, 6) is 1.18. The van der Waals surface area contributed by atoms with Gasteiger partial charge in [0.2, 0.25) is 5.95 Å². The number of nitrogens with zero attached hydrogens (tertiary/aromatic N) is 5. The fourth-order valence-electron chi connectivity index (χ4n) is 3.10. The molecule has 1 aliphatic rings. The van der Waals surface area contributed by atoms with Crippen LogP contribution in [0.15, 0.2) is 12.4 Å². The minimum Gasteiger partial charge on any atom is -0.347 e. The minimum absolute atomic E-state index is 0.194. The Hall–Kier alpha value is -2.44. The van der Waals surface area contributed by atoms with E-state index in [4.69, 9.17) is 0 Å². The summed E-state index contributed by atoms with van der Waals surface area (Å²) in [5, 5.41) is 7.48. The van der Waals surface area contributed by atoms with Gasteiger partial charge in [0.1, 0.15) is 5.82 Å². The average Bonchev–Trinajstić information content (AvgIpc) is 3.18. The maximum Gasteiger partial charge on any atom is 0.260 e. The van der Waals surface area contributed by atoms with Crippen LogP contribution in [-0.4, -0.2) is 39.8 Å². The molecule has 1 fully saturated rings. The van der Waals surface area contributed by atoms with Gasteiger partial charge in [-0.1, -0.05) is 12.8 Å². The molecule has 0 aliphatic heterocycles. The van der Waals surface area contributed by atoms with Crippen LogP contribution in [-0.2, 0) is 0 Å². The van der Waals surface area contributed by atoms with Crippen molar-refractivity contribution in [2.45, 2.75) is 45.6 Å². The third-order valence-electron chi connectivity index (χ3n) is 4.49. The zero-order chi connectivity index (χ0) is 17.3. The molecule has 1 aliphatic carbocycles. The average molecular weight is 328 g/mol. The lowest BCUT2D eigenvalue weighted by Crippen LogP contribution is -2.21. The van der Waals surface area contributed by atoms with E-state index in [1.165, 1.54) is 12.8 Å². The molecule has 0 aromatic carbocycles. The fraction of sp³-hybridized carbons (Fsp3) is 0.529. The molecule has 0 atom stereocenters. The number of aromatic nitrogens is 4. The summed E-state index contributed by atoms with van der Waals surface area (Å²) in [4.78, 5) is 23.1. The summed E-state index contributed by atoms with van der Waals surface area (Å²) in [6, 6.07) is 0.377. The predicted octanol–water partition coefficient (Wildman–Crippen LogP) is 2.72. The topological polar surface area (TPSA) is 75.9 Å². The number of carbonyl (C=O) groups is 1. The van der Waals surface area contributed by atoms with Gasteiger partial charge in [-0.3, -0.25) is 4.79 Å². The molecule has 1 amide bonds. The highest BCUT2D eigenvalue weighted by Gasteiger charge is 2.23. The van der Waals surface area contributed by atoms with Gasteiger partial charge in [0.15, 0.2) is 0 Å². The molecule has 0 spiro atoms. The number of carbonyl (C=O) groups excluding carboxylic acids is 1. The highest BCUT2D eigenvalue weighted by molar-refractivity contribution is 6.04. The van der Waals surface area contributed by atoms with Gasteiger partial charge in [0, 0.05) is 25.9 Å². The molecule has 3 rings (SSSR count). The first-order valence-corrected chi connectivity index (χ1v) is 8.34. The van der Waals surface area contributed by atoms with Crippen molar-refractivity contribution in [2.75, 3.05) is 24.3 Å². The molecule has 7 heteroatoms. The van der Waals surface area contributed by atoms with Crippen LogP contribution in [0.4, 0.5) is 11.8 Å². The Morgan fingerprint density at radius 1 is 1.25 bits per heavy atom. The van der Waals surface area contributed by atoms with Crippen molar-refractivity contribution in [3.8, 4) is 0 Å². The highest BCUT2D eigenvalue weighted by atomic mass is 16.1. The van der Waals surface area contributed by atoms with Gasteiger partial charge in [-0.2, -0.15) is 5.10 Å². The highest BCUT2D eigenvalue weighted by Crippen LogP contribution is 2.32. The maximum atomic E-state index is 12.7. The summed E-state index contributed by atoms with van der Waals surface area (Å²) in [6.07, 6.45) is 8.06. The van der Waals surface area contributed by atoms with Gasteiger partial charge >= 0.3 is 0 Å². The second kappa shape index (κ2) is 6.59. The van der Waals surface area contributed by atoms with E-state index in [0.717, 1.165) is 24.2 Å². The van der Waals surface area contributed by atoms with E-state index in [2.05, 4.69) is 20.4 Å². The molecule has 0 unspecified atom stereocenters. The minimum atomic E-state index is -0.194. The van der Waals surface area contributed by atoms with Crippen molar-refractivity contribution in [1.29, 1.82) is 0 Å². The standard InChI is InChI=1S/C17H24N6O/c1-11-9-19-23(13-7-5-6-8-13)15(11)21-16(24)14-10-18-17(22(3)4)20-12(14)2/h9-10,13H,5-8H2,1-4H3,(H,21,24). The Bertz CT molecular complexity index is 746. The van der Waals surface area contributed by atoms with E-state index in [1.807, 2.05) is 43.7 Å². The molecule has 1 saturated carbocycles. The summed E-state index contributed by atoms with van der Waals surface area (Å²) in [7, 11) is 3.75. The molecular weight excluding hydrogens is 304 g/mol. The van der Waals surface area contributed by atoms with Gasteiger partial charge in [0.05, 0.1) is 23.5 Å². The Kier molecular flexibility index (Phi) is 4.51. The van der Waals surface area contributed by atoms with Crippen LogP contribution in [0, 0.1) is 13.8 Å². The van der Waals surface area contributed by atoms with Crippen LogP contribution in [0.25, 0.3) is 0 Å². The smallest absolute Gasteiger partial charge is 0.260 e. The maximum absolute atomic E-state index is 12.7. The lowest BCUT2D eigenvalue weighted by Gasteiger charge is -2.16. The molecule has 1 N–H and O–H groups in total. The Morgan fingerprint density at radius 2 is 1.96 bits per heavy atom. The number of anilines is 2. The first-order valence-electron chi connectivity index (χ1n) is 8.34. The summed E-state index contributed by atoms with van der Waals surface area (Å²) >= 11 is 0. The van der Waals surface area contributed by atoms with Gasteiger partial charge < -0.3 is 10.2 Å². The fourth-order valence-corrected chi connectivity index (χ4v) is 3.10. The van der Waals surface area contributed by atoms with E-state index in [9.17, 15) is 4.79 Å². The van der Waals surface area contributed by atoms with Crippen molar-refractivity contribution in [3.05, 3.63) is 29.2 Å². The van der Waals surface area contributed by atoms with E-state index < -0.39 is 0 Å². The second-order valence-electron chi connectivity index (χ2n) is 6.58. The zero-order valence-corrected chi connectivity index (χ0v) is 14.7. The van der Waals surface area contributed by atoms with E-state index in [-0.39, 0.29) is 5.91 Å². The van der Waals surface area contributed by atoms with Crippen molar-refractivity contribution in [1.82, 2.24) is 19.7 Å². The Morgan fingerprint density at radius 3 is 2.58 bits per heavy atom. The van der Waals surface area contributed by atoms with E-state index >= 15 is 0 Å².